The lowest BCUT2D eigenvalue weighted by atomic mass is 10.2. The van der Waals surface area contributed by atoms with Crippen LogP contribution in [0.2, 0.25) is 0 Å². The number of amides is 2. The molecule has 10 heteroatoms. The zero-order valence-electron chi connectivity index (χ0n) is 10.1. The molecule has 19 heavy (non-hydrogen) atoms. The van der Waals surface area contributed by atoms with Gasteiger partial charge < -0.3 is 10.6 Å². The topological polar surface area (TPSA) is 136 Å². The molecule has 1 aromatic rings. The first-order chi connectivity index (χ1) is 8.77. The number of carbonyl (C=O) groups is 2. The quantitative estimate of drug-likeness (QED) is 0.607. The van der Waals surface area contributed by atoms with Crippen molar-refractivity contribution in [1.29, 1.82) is 0 Å². The van der Waals surface area contributed by atoms with Gasteiger partial charge >= 0.3 is 0 Å². The van der Waals surface area contributed by atoms with Gasteiger partial charge in [0.1, 0.15) is 10.9 Å². The van der Waals surface area contributed by atoms with Crippen LogP contribution in [0.15, 0.2) is 11.1 Å². The summed E-state index contributed by atoms with van der Waals surface area (Å²) in [5.74, 6) is -0.876. The molecule has 2 rings (SSSR count). The fourth-order valence-corrected chi connectivity index (χ4v) is 2.44. The van der Waals surface area contributed by atoms with Gasteiger partial charge in [0.15, 0.2) is 5.82 Å². The molecule has 1 aromatic heterocycles. The van der Waals surface area contributed by atoms with Gasteiger partial charge in [0.25, 0.3) is 0 Å². The smallest absolute Gasteiger partial charge is 0.248 e. The van der Waals surface area contributed by atoms with Crippen molar-refractivity contribution in [2.45, 2.75) is 23.8 Å². The standard InChI is InChI=1S/C9H13N5O4S/c1-14-4-6(19(10,17)18)8(13-14)12-9(16)5-2-3-7(15)11-5/h4-5H,2-3H2,1H3,(H,11,15)(H2,10,17,18)(H,12,13,16). The number of hydrogen-bond donors (Lipinski definition) is 3. The van der Waals surface area contributed by atoms with E-state index in [1.165, 1.54) is 17.9 Å². The molecule has 1 atom stereocenters. The van der Waals surface area contributed by atoms with E-state index in [1.807, 2.05) is 0 Å². The summed E-state index contributed by atoms with van der Waals surface area (Å²) in [5.41, 5.74) is 0. The molecular formula is C9H13N5O4S. The summed E-state index contributed by atoms with van der Waals surface area (Å²) in [4.78, 5) is 22.6. The highest BCUT2D eigenvalue weighted by molar-refractivity contribution is 7.89. The zero-order valence-corrected chi connectivity index (χ0v) is 10.9. The van der Waals surface area contributed by atoms with Crippen molar-refractivity contribution >= 4 is 27.7 Å². The van der Waals surface area contributed by atoms with Crippen LogP contribution in [0.1, 0.15) is 12.8 Å². The molecular weight excluding hydrogens is 274 g/mol. The van der Waals surface area contributed by atoms with Crippen molar-refractivity contribution < 1.29 is 18.0 Å². The van der Waals surface area contributed by atoms with E-state index < -0.39 is 22.0 Å². The fraction of sp³-hybridized carbons (Fsp3) is 0.444. The minimum atomic E-state index is -3.98. The van der Waals surface area contributed by atoms with Crippen LogP contribution in [0, 0.1) is 0 Å². The van der Waals surface area contributed by atoms with Gasteiger partial charge in [-0.15, -0.1) is 0 Å². The minimum absolute atomic E-state index is 0.142. The number of sulfonamides is 1. The first-order valence-electron chi connectivity index (χ1n) is 5.44. The molecule has 1 saturated heterocycles. The zero-order chi connectivity index (χ0) is 14.2. The van der Waals surface area contributed by atoms with E-state index in [4.69, 9.17) is 5.14 Å². The predicted octanol–water partition coefficient (Wildman–Crippen LogP) is -1.72. The summed E-state index contributed by atoms with van der Waals surface area (Å²) in [6.07, 6.45) is 1.82. The number of anilines is 1. The molecule has 1 unspecified atom stereocenters. The van der Waals surface area contributed by atoms with Gasteiger partial charge in [-0.25, -0.2) is 13.6 Å². The van der Waals surface area contributed by atoms with Crippen molar-refractivity contribution in [3.8, 4) is 0 Å². The molecule has 0 saturated carbocycles. The van der Waals surface area contributed by atoms with Crippen LogP contribution in [0.25, 0.3) is 0 Å². The Balaban J connectivity index is 2.20. The molecule has 2 amide bonds. The Morgan fingerprint density at radius 2 is 2.32 bits per heavy atom. The Bertz CT molecular complexity index is 635. The maximum Gasteiger partial charge on any atom is 0.248 e. The van der Waals surface area contributed by atoms with E-state index in [-0.39, 0.29) is 23.0 Å². The maximum absolute atomic E-state index is 11.8. The highest BCUT2D eigenvalue weighted by atomic mass is 32.2. The summed E-state index contributed by atoms with van der Waals surface area (Å²) in [5, 5.41) is 13.7. The van der Waals surface area contributed by atoms with Gasteiger partial charge in [0.2, 0.25) is 21.8 Å². The average molecular weight is 287 g/mol. The summed E-state index contributed by atoms with van der Waals surface area (Å²) in [6.45, 7) is 0. The summed E-state index contributed by atoms with van der Waals surface area (Å²) in [6, 6.07) is -0.678. The van der Waals surface area contributed by atoms with Crippen molar-refractivity contribution in [1.82, 2.24) is 15.1 Å². The van der Waals surface area contributed by atoms with Crippen LogP contribution >= 0.6 is 0 Å². The molecule has 2 heterocycles. The molecule has 0 spiro atoms. The van der Waals surface area contributed by atoms with E-state index in [0.29, 0.717) is 6.42 Å². The second-order valence-corrected chi connectivity index (χ2v) is 5.74. The van der Waals surface area contributed by atoms with Gasteiger partial charge in [0.05, 0.1) is 0 Å². The van der Waals surface area contributed by atoms with Crippen LogP contribution in [0.5, 0.6) is 0 Å². The van der Waals surface area contributed by atoms with Gasteiger partial charge in [-0.2, -0.15) is 5.10 Å². The lowest BCUT2D eigenvalue weighted by molar-refractivity contribution is -0.122. The largest absolute Gasteiger partial charge is 0.344 e. The monoisotopic (exact) mass is 287 g/mol. The minimum Gasteiger partial charge on any atom is -0.344 e. The molecule has 1 fully saturated rings. The van der Waals surface area contributed by atoms with Crippen molar-refractivity contribution in [2.24, 2.45) is 12.2 Å². The molecule has 9 nitrogen and oxygen atoms in total. The Kier molecular flexibility index (Phi) is 3.28. The number of nitrogens with one attached hydrogen (secondary N) is 2. The van der Waals surface area contributed by atoms with Crippen LogP contribution in [-0.4, -0.2) is 36.1 Å². The lowest BCUT2D eigenvalue weighted by Crippen LogP contribution is -2.37. The number of aryl methyl sites for hydroxylation is 1. The van der Waals surface area contributed by atoms with Crippen LogP contribution in [0.3, 0.4) is 0 Å². The van der Waals surface area contributed by atoms with Crippen molar-refractivity contribution in [3.63, 3.8) is 0 Å². The third-order valence-electron chi connectivity index (χ3n) is 2.66. The number of nitrogens with two attached hydrogens (primary N) is 1. The first kappa shape index (κ1) is 13.5. The number of carbonyl (C=O) groups excluding carboxylic acids is 2. The molecule has 0 aliphatic carbocycles. The highest BCUT2D eigenvalue weighted by Gasteiger charge is 2.29. The summed E-state index contributed by atoms with van der Waals surface area (Å²) < 4.78 is 23.9. The molecule has 104 valence electrons. The molecule has 4 N–H and O–H groups in total. The third-order valence-corrected chi connectivity index (χ3v) is 3.57. The number of nitrogens with zero attached hydrogens (tertiary/aromatic N) is 2. The van der Waals surface area contributed by atoms with Crippen molar-refractivity contribution in [2.75, 3.05) is 5.32 Å². The summed E-state index contributed by atoms with van der Waals surface area (Å²) >= 11 is 0. The average Bonchev–Trinajstić information content (AvgIpc) is 2.84. The van der Waals surface area contributed by atoms with Crippen LogP contribution < -0.4 is 15.8 Å². The number of hydrogen-bond acceptors (Lipinski definition) is 5. The second kappa shape index (κ2) is 4.63. The molecule has 0 radical (unpaired) electrons. The van der Waals surface area contributed by atoms with E-state index in [2.05, 4.69) is 15.7 Å². The van der Waals surface area contributed by atoms with Gasteiger partial charge in [-0.1, -0.05) is 0 Å². The predicted molar refractivity (Wildman–Crippen MR) is 64.4 cm³/mol. The Labute approximate surface area is 109 Å². The molecule has 1 aliphatic heterocycles. The van der Waals surface area contributed by atoms with Gasteiger partial charge in [0, 0.05) is 19.7 Å². The highest BCUT2D eigenvalue weighted by Crippen LogP contribution is 2.18. The van der Waals surface area contributed by atoms with Gasteiger partial charge in [-0.3, -0.25) is 14.3 Å². The molecule has 0 aromatic carbocycles. The normalized spacial score (nSPS) is 19.3. The van der Waals surface area contributed by atoms with Crippen LogP contribution in [0.4, 0.5) is 5.82 Å². The Morgan fingerprint density at radius 3 is 2.84 bits per heavy atom. The third kappa shape index (κ3) is 2.90. The fourth-order valence-electron chi connectivity index (χ4n) is 1.78. The SMILES string of the molecule is Cn1cc(S(N)(=O)=O)c(NC(=O)C2CCC(=O)N2)n1. The van der Waals surface area contributed by atoms with Crippen molar-refractivity contribution in [3.05, 3.63) is 6.20 Å². The van der Waals surface area contributed by atoms with E-state index in [0.717, 1.165) is 0 Å². The number of rotatable bonds is 3. The number of aromatic nitrogens is 2. The van der Waals surface area contributed by atoms with Gasteiger partial charge in [-0.05, 0) is 6.42 Å². The maximum atomic E-state index is 11.8. The Hall–Kier alpha value is -1.94. The summed E-state index contributed by atoms with van der Waals surface area (Å²) in [7, 11) is -2.48. The second-order valence-electron chi connectivity index (χ2n) is 4.21. The van der Waals surface area contributed by atoms with E-state index in [1.54, 1.807) is 0 Å². The molecule has 0 bridgehead atoms. The van der Waals surface area contributed by atoms with E-state index >= 15 is 0 Å². The van der Waals surface area contributed by atoms with Crippen LogP contribution in [-0.2, 0) is 26.7 Å². The Morgan fingerprint density at radius 1 is 1.63 bits per heavy atom. The molecule has 1 aliphatic rings. The lowest BCUT2D eigenvalue weighted by Gasteiger charge is -2.09. The van der Waals surface area contributed by atoms with E-state index in [9.17, 15) is 18.0 Å². The number of primary sulfonamides is 1. The first-order valence-corrected chi connectivity index (χ1v) is 6.98.